The number of halogens is 1. The number of nitrogens with one attached hydrogen (secondary N) is 1. The summed E-state index contributed by atoms with van der Waals surface area (Å²) in [5.41, 5.74) is 8.10. The van der Waals surface area contributed by atoms with Gasteiger partial charge in [0.2, 0.25) is 0 Å². The van der Waals surface area contributed by atoms with Gasteiger partial charge in [-0.15, -0.1) is 0 Å². The van der Waals surface area contributed by atoms with Crippen LogP contribution in [-0.2, 0) is 6.54 Å². The summed E-state index contributed by atoms with van der Waals surface area (Å²) in [5, 5.41) is 1.04. The Bertz CT molecular complexity index is 957. The van der Waals surface area contributed by atoms with Crippen LogP contribution >= 0.6 is 11.6 Å². The summed E-state index contributed by atoms with van der Waals surface area (Å²) in [6.45, 7) is 2.21. The summed E-state index contributed by atoms with van der Waals surface area (Å²) < 4.78 is 0. The molecular formula is C19H19ClN4O. The maximum Gasteiger partial charge on any atom is 0.258 e. The second kappa shape index (κ2) is 6.59. The number of H-pyrrole nitrogens is 1. The molecule has 0 radical (unpaired) electrons. The monoisotopic (exact) mass is 354 g/mol. The van der Waals surface area contributed by atoms with E-state index in [2.05, 4.69) is 27.0 Å². The first-order valence-corrected chi connectivity index (χ1v) is 8.69. The number of aromatic nitrogens is 2. The van der Waals surface area contributed by atoms with E-state index in [1.807, 2.05) is 18.2 Å². The van der Waals surface area contributed by atoms with Crippen LogP contribution in [0.5, 0.6) is 0 Å². The Balaban J connectivity index is 1.56. The van der Waals surface area contributed by atoms with Crippen molar-refractivity contribution >= 4 is 22.5 Å². The van der Waals surface area contributed by atoms with E-state index in [0.29, 0.717) is 34.2 Å². The fraction of sp³-hybridized carbons (Fsp3) is 0.263. The van der Waals surface area contributed by atoms with Crippen LogP contribution in [0.1, 0.15) is 17.3 Å². The van der Waals surface area contributed by atoms with Gasteiger partial charge in [-0.3, -0.25) is 9.69 Å². The second-order valence-electron chi connectivity index (χ2n) is 6.55. The van der Waals surface area contributed by atoms with Crippen LogP contribution in [0.25, 0.3) is 10.9 Å². The minimum atomic E-state index is -0.161. The molecule has 1 aliphatic heterocycles. The fourth-order valence-corrected chi connectivity index (χ4v) is 3.71. The zero-order valence-electron chi connectivity index (χ0n) is 13.7. The van der Waals surface area contributed by atoms with Gasteiger partial charge >= 0.3 is 0 Å². The van der Waals surface area contributed by atoms with Crippen LogP contribution in [0.4, 0.5) is 0 Å². The highest BCUT2D eigenvalue weighted by Crippen LogP contribution is 2.27. The van der Waals surface area contributed by atoms with Gasteiger partial charge in [0.1, 0.15) is 5.82 Å². The number of aromatic amines is 1. The number of fused-ring (bicyclic) bond motifs is 1. The van der Waals surface area contributed by atoms with Crippen LogP contribution in [0.3, 0.4) is 0 Å². The highest BCUT2D eigenvalue weighted by Gasteiger charge is 2.31. The van der Waals surface area contributed by atoms with E-state index in [4.69, 9.17) is 17.3 Å². The standard InChI is InChI=1S/C19H19ClN4O/c20-13-6-7-17-14(8-13)19(25)23-18(22-17)11-24-9-15(16(21)10-24)12-4-2-1-3-5-12/h1-8,15-16H,9-11,21H2,(H,22,23,25)/t15-,16+/m0/s1. The number of nitrogens with two attached hydrogens (primary N) is 1. The van der Waals surface area contributed by atoms with E-state index in [-0.39, 0.29) is 11.6 Å². The van der Waals surface area contributed by atoms with E-state index in [1.54, 1.807) is 18.2 Å². The zero-order chi connectivity index (χ0) is 17.4. The lowest BCUT2D eigenvalue weighted by atomic mass is 9.95. The number of hydrogen-bond acceptors (Lipinski definition) is 4. The summed E-state index contributed by atoms with van der Waals surface area (Å²) in [5.74, 6) is 0.952. The first-order valence-electron chi connectivity index (χ1n) is 8.31. The third-order valence-corrected chi connectivity index (χ3v) is 4.99. The Morgan fingerprint density at radius 2 is 2.00 bits per heavy atom. The van der Waals surface area contributed by atoms with Crippen LogP contribution in [0.15, 0.2) is 53.3 Å². The predicted octanol–water partition coefficient (Wildman–Crippen LogP) is 2.50. The largest absolute Gasteiger partial charge is 0.326 e. The van der Waals surface area contributed by atoms with Gasteiger partial charge < -0.3 is 10.7 Å². The molecule has 0 amide bonds. The lowest BCUT2D eigenvalue weighted by molar-refractivity contribution is 0.315. The lowest BCUT2D eigenvalue weighted by Gasteiger charge is -2.15. The molecule has 128 valence electrons. The van der Waals surface area contributed by atoms with Crippen molar-refractivity contribution in [1.82, 2.24) is 14.9 Å². The molecule has 3 N–H and O–H groups in total. The number of benzene rings is 2. The Morgan fingerprint density at radius 1 is 1.20 bits per heavy atom. The minimum absolute atomic E-state index is 0.0772. The summed E-state index contributed by atoms with van der Waals surface area (Å²) in [4.78, 5) is 21.9. The molecule has 0 bridgehead atoms. The smallest absolute Gasteiger partial charge is 0.258 e. The molecule has 1 saturated heterocycles. The van der Waals surface area contributed by atoms with Gasteiger partial charge in [0, 0.05) is 30.1 Å². The SMILES string of the molecule is N[C@@H]1CN(Cc2nc3ccc(Cl)cc3c(=O)[nH]2)C[C@H]1c1ccccc1. The van der Waals surface area contributed by atoms with Crippen molar-refractivity contribution < 1.29 is 0 Å². The Labute approximate surface area is 150 Å². The Kier molecular flexibility index (Phi) is 4.29. The van der Waals surface area contributed by atoms with Crippen molar-refractivity contribution in [1.29, 1.82) is 0 Å². The maximum atomic E-state index is 12.3. The van der Waals surface area contributed by atoms with E-state index in [0.717, 1.165) is 13.1 Å². The normalized spacial score (nSPS) is 21.0. The molecule has 1 fully saturated rings. The predicted molar refractivity (Wildman–Crippen MR) is 99.8 cm³/mol. The van der Waals surface area contributed by atoms with Gasteiger partial charge in [0.25, 0.3) is 5.56 Å². The van der Waals surface area contributed by atoms with Crippen molar-refractivity contribution in [2.45, 2.75) is 18.5 Å². The van der Waals surface area contributed by atoms with Gasteiger partial charge in [-0.25, -0.2) is 4.98 Å². The second-order valence-corrected chi connectivity index (χ2v) is 6.99. The molecule has 2 atom stereocenters. The molecule has 2 heterocycles. The average molecular weight is 355 g/mol. The third kappa shape index (κ3) is 3.31. The number of nitrogens with zero attached hydrogens (tertiary/aromatic N) is 2. The molecule has 0 unspecified atom stereocenters. The van der Waals surface area contributed by atoms with Crippen LogP contribution in [0.2, 0.25) is 5.02 Å². The van der Waals surface area contributed by atoms with Crippen LogP contribution in [-0.4, -0.2) is 34.0 Å². The molecule has 0 spiro atoms. The maximum absolute atomic E-state index is 12.3. The van der Waals surface area contributed by atoms with E-state index in [9.17, 15) is 4.79 Å². The Hall–Kier alpha value is -2.21. The van der Waals surface area contributed by atoms with Gasteiger partial charge in [0.15, 0.2) is 0 Å². The molecule has 4 rings (SSSR count). The topological polar surface area (TPSA) is 75.0 Å². The molecule has 2 aromatic carbocycles. The molecule has 3 aromatic rings. The van der Waals surface area contributed by atoms with Gasteiger partial charge in [0.05, 0.1) is 17.4 Å². The van der Waals surface area contributed by atoms with Gasteiger partial charge in [-0.1, -0.05) is 41.9 Å². The number of likely N-dealkylation sites (tertiary alicyclic amines) is 1. The summed E-state index contributed by atoms with van der Waals surface area (Å²) in [6, 6.07) is 15.6. The fourth-order valence-electron chi connectivity index (χ4n) is 3.54. The first-order chi connectivity index (χ1) is 12.1. The summed E-state index contributed by atoms with van der Waals surface area (Å²) in [7, 11) is 0. The van der Waals surface area contributed by atoms with Crippen molar-refractivity contribution in [3.05, 3.63) is 75.3 Å². The quantitative estimate of drug-likeness (QED) is 0.757. The lowest BCUT2D eigenvalue weighted by Crippen LogP contribution is -2.29. The highest BCUT2D eigenvalue weighted by atomic mass is 35.5. The highest BCUT2D eigenvalue weighted by molar-refractivity contribution is 6.31. The van der Waals surface area contributed by atoms with Gasteiger partial charge in [-0.05, 0) is 23.8 Å². The summed E-state index contributed by atoms with van der Waals surface area (Å²) in [6.07, 6.45) is 0. The van der Waals surface area contributed by atoms with Crippen LogP contribution in [0, 0.1) is 0 Å². The zero-order valence-corrected chi connectivity index (χ0v) is 14.4. The first kappa shape index (κ1) is 16.3. The number of hydrogen-bond donors (Lipinski definition) is 2. The number of rotatable bonds is 3. The minimum Gasteiger partial charge on any atom is -0.326 e. The Morgan fingerprint density at radius 3 is 2.80 bits per heavy atom. The van der Waals surface area contributed by atoms with Crippen molar-refractivity contribution in [2.24, 2.45) is 5.73 Å². The summed E-state index contributed by atoms with van der Waals surface area (Å²) >= 11 is 5.96. The van der Waals surface area contributed by atoms with E-state index >= 15 is 0 Å². The molecule has 0 saturated carbocycles. The molecular weight excluding hydrogens is 336 g/mol. The molecule has 1 aliphatic rings. The van der Waals surface area contributed by atoms with E-state index in [1.165, 1.54) is 5.56 Å². The van der Waals surface area contributed by atoms with Crippen molar-refractivity contribution in [3.63, 3.8) is 0 Å². The van der Waals surface area contributed by atoms with Crippen molar-refractivity contribution in [2.75, 3.05) is 13.1 Å². The van der Waals surface area contributed by atoms with E-state index < -0.39 is 0 Å². The molecule has 25 heavy (non-hydrogen) atoms. The molecule has 0 aliphatic carbocycles. The third-order valence-electron chi connectivity index (χ3n) is 4.76. The van der Waals surface area contributed by atoms with Crippen molar-refractivity contribution in [3.8, 4) is 0 Å². The molecule has 6 heteroatoms. The van der Waals surface area contributed by atoms with Crippen LogP contribution < -0.4 is 11.3 Å². The average Bonchev–Trinajstić information content (AvgIpc) is 2.97. The molecule has 1 aromatic heterocycles. The van der Waals surface area contributed by atoms with Gasteiger partial charge in [-0.2, -0.15) is 0 Å². The molecule has 5 nitrogen and oxygen atoms in total.